The van der Waals surface area contributed by atoms with Crippen molar-refractivity contribution in [3.05, 3.63) is 0 Å². The van der Waals surface area contributed by atoms with Gasteiger partial charge in [-0.1, -0.05) is 12.8 Å². The molecule has 0 aliphatic heterocycles. The molecule has 1 unspecified atom stereocenters. The molecule has 0 heterocycles. The topological polar surface area (TPSA) is 70.6 Å². The molecule has 0 bridgehead atoms. The number of aliphatic hydroxyl groups is 1. The Balaban J connectivity index is 1.85. The maximum atomic E-state index is 11.3. The highest BCUT2D eigenvalue weighted by molar-refractivity contribution is 5.73. The lowest BCUT2D eigenvalue weighted by atomic mass is 10.3. The molecule has 1 rings (SSSR count). The molecule has 1 atom stereocenters. The minimum Gasteiger partial charge on any atom is -0.393 e. The first kappa shape index (κ1) is 15.2. The number of hydrogen-bond donors (Lipinski definition) is 3. The Morgan fingerprint density at radius 2 is 2.00 bits per heavy atom. The molecule has 18 heavy (non-hydrogen) atoms. The van der Waals surface area contributed by atoms with Gasteiger partial charge >= 0.3 is 6.03 Å². The van der Waals surface area contributed by atoms with Crippen molar-refractivity contribution in [2.24, 2.45) is 0 Å². The molecule has 1 fully saturated rings. The summed E-state index contributed by atoms with van der Waals surface area (Å²) in [5.74, 6) is 0. The molecular formula is C13H26N2O3. The van der Waals surface area contributed by atoms with E-state index in [1.165, 1.54) is 25.7 Å². The van der Waals surface area contributed by atoms with Crippen LogP contribution in [0.2, 0.25) is 0 Å². The molecule has 1 aliphatic rings. The third-order valence-electron chi connectivity index (χ3n) is 3.11. The fraction of sp³-hybridized carbons (Fsp3) is 0.923. The Morgan fingerprint density at radius 1 is 1.33 bits per heavy atom. The lowest BCUT2D eigenvalue weighted by molar-refractivity contribution is 0.0572. The van der Waals surface area contributed by atoms with Crippen molar-refractivity contribution in [3.8, 4) is 0 Å². The van der Waals surface area contributed by atoms with Crippen LogP contribution in [0.3, 0.4) is 0 Å². The second-order valence-corrected chi connectivity index (χ2v) is 4.95. The molecule has 0 aromatic rings. The summed E-state index contributed by atoms with van der Waals surface area (Å²) in [5.41, 5.74) is 0. The van der Waals surface area contributed by atoms with E-state index >= 15 is 0 Å². The van der Waals surface area contributed by atoms with E-state index in [0.29, 0.717) is 25.6 Å². The SMILES string of the molecule is CC(O)CCNC(=O)NCCCOC1CCCC1. The summed E-state index contributed by atoms with van der Waals surface area (Å²) in [4.78, 5) is 11.3. The second kappa shape index (κ2) is 9.16. The minimum absolute atomic E-state index is 0.170. The number of rotatable bonds is 8. The van der Waals surface area contributed by atoms with Crippen LogP contribution in [0.5, 0.6) is 0 Å². The van der Waals surface area contributed by atoms with Crippen molar-refractivity contribution in [1.82, 2.24) is 10.6 Å². The highest BCUT2D eigenvalue weighted by Crippen LogP contribution is 2.20. The molecule has 1 aliphatic carbocycles. The van der Waals surface area contributed by atoms with Crippen molar-refractivity contribution in [1.29, 1.82) is 0 Å². The fourth-order valence-electron chi connectivity index (χ4n) is 2.04. The highest BCUT2D eigenvalue weighted by Gasteiger charge is 2.14. The maximum absolute atomic E-state index is 11.3. The summed E-state index contributed by atoms with van der Waals surface area (Å²) < 4.78 is 5.69. The predicted octanol–water partition coefficient (Wildman–Crippen LogP) is 1.41. The molecule has 5 heteroatoms. The van der Waals surface area contributed by atoms with E-state index in [1.54, 1.807) is 6.92 Å². The van der Waals surface area contributed by atoms with Gasteiger partial charge in [-0.2, -0.15) is 0 Å². The van der Waals surface area contributed by atoms with Crippen molar-refractivity contribution in [2.45, 2.75) is 57.7 Å². The van der Waals surface area contributed by atoms with E-state index < -0.39 is 0 Å². The van der Waals surface area contributed by atoms with E-state index in [4.69, 9.17) is 9.84 Å². The summed E-state index contributed by atoms with van der Waals surface area (Å²) in [7, 11) is 0. The van der Waals surface area contributed by atoms with Gasteiger partial charge in [0, 0.05) is 19.7 Å². The zero-order chi connectivity index (χ0) is 13.2. The lowest BCUT2D eigenvalue weighted by Crippen LogP contribution is -2.37. The first-order valence-electron chi connectivity index (χ1n) is 7.00. The third kappa shape index (κ3) is 7.50. The fourth-order valence-corrected chi connectivity index (χ4v) is 2.04. The van der Waals surface area contributed by atoms with Gasteiger partial charge in [-0.3, -0.25) is 0 Å². The standard InChI is InChI=1S/C13H26N2O3/c1-11(16)7-9-15-13(17)14-8-4-10-18-12-5-2-3-6-12/h11-12,16H,2-10H2,1H3,(H2,14,15,17). The molecule has 3 N–H and O–H groups in total. The first-order chi connectivity index (χ1) is 8.68. The Labute approximate surface area is 109 Å². The van der Waals surface area contributed by atoms with Gasteiger partial charge in [0.05, 0.1) is 12.2 Å². The summed E-state index contributed by atoms with van der Waals surface area (Å²) >= 11 is 0. The number of hydrogen-bond acceptors (Lipinski definition) is 3. The van der Waals surface area contributed by atoms with Gasteiger partial charge in [0.15, 0.2) is 0 Å². The third-order valence-corrected chi connectivity index (χ3v) is 3.11. The van der Waals surface area contributed by atoms with Crippen molar-refractivity contribution in [3.63, 3.8) is 0 Å². The number of urea groups is 1. The average molecular weight is 258 g/mol. The van der Waals surface area contributed by atoms with Crippen LogP contribution in [0.4, 0.5) is 4.79 Å². The van der Waals surface area contributed by atoms with Crippen LogP contribution in [0.25, 0.3) is 0 Å². The van der Waals surface area contributed by atoms with Gasteiger partial charge in [0.2, 0.25) is 0 Å². The first-order valence-corrected chi connectivity index (χ1v) is 7.00. The molecule has 2 amide bonds. The number of nitrogens with one attached hydrogen (secondary N) is 2. The van der Waals surface area contributed by atoms with Gasteiger partial charge in [-0.05, 0) is 32.6 Å². The molecule has 0 radical (unpaired) electrons. The zero-order valence-electron chi connectivity index (χ0n) is 11.3. The van der Waals surface area contributed by atoms with Crippen LogP contribution in [0.1, 0.15) is 45.4 Å². The van der Waals surface area contributed by atoms with Crippen molar-refractivity contribution < 1.29 is 14.6 Å². The van der Waals surface area contributed by atoms with Crippen LogP contribution in [-0.2, 0) is 4.74 Å². The summed E-state index contributed by atoms with van der Waals surface area (Å²) in [6.45, 7) is 3.56. The normalized spacial score (nSPS) is 17.7. The number of aliphatic hydroxyl groups excluding tert-OH is 1. The Hall–Kier alpha value is -0.810. The monoisotopic (exact) mass is 258 g/mol. The van der Waals surface area contributed by atoms with E-state index in [0.717, 1.165) is 13.0 Å². The quantitative estimate of drug-likeness (QED) is 0.576. The van der Waals surface area contributed by atoms with Gasteiger partial charge in [-0.25, -0.2) is 4.79 Å². The van der Waals surface area contributed by atoms with Crippen LogP contribution in [0.15, 0.2) is 0 Å². The van der Waals surface area contributed by atoms with Crippen molar-refractivity contribution in [2.75, 3.05) is 19.7 Å². The van der Waals surface area contributed by atoms with E-state index in [9.17, 15) is 4.79 Å². The van der Waals surface area contributed by atoms with E-state index in [2.05, 4.69) is 10.6 Å². The number of ether oxygens (including phenoxy) is 1. The molecule has 1 saturated carbocycles. The number of carbonyl (C=O) groups excluding carboxylic acids is 1. The van der Waals surface area contributed by atoms with Crippen LogP contribution in [0, 0.1) is 0 Å². The molecule has 0 spiro atoms. The molecule has 106 valence electrons. The van der Waals surface area contributed by atoms with Crippen molar-refractivity contribution >= 4 is 6.03 Å². The van der Waals surface area contributed by atoms with Crippen LogP contribution in [-0.4, -0.2) is 43.0 Å². The average Bonchev–Trinajstić information content (AvgIpc) is 2.81. The smallest absolute Gasteiger partial charge is 0.314 e. The number of amides is 2. The van der Waals surface area contributed by atoms with Gasteiger partial charge in [-0.15, -0.1) is 0 Å². The van der Waals surface area contributed by atoms with Crippen LogP contribution < -0.4 is 10.6 Å². The molecular weight excluding hydrogens is 232 g/mol. The van der Waals surface area contributed by atoms with E-state index in [-0.39, 0.29) is 12.1 Å². The maximum Gasteiger partial charge on any atom is 0.314 e. The predicted molar refractivity (Wildman–Crippen MR) is 70.5 cm³/mol. The largest absolute Gasteiger partial charge is 0.393 e. The Kier molecular flexibility index (Phi) is 7.76. The van der Waals surface area contributed by atoms with Gasteiger partial charge in [0.25, 0.3) is 0 Å². The molecule has 0 aromatic carbocycles. The van der Waals surface area contributed by atoms with E-state index in [1.807, 2.05) is 0 Å². The van der Waals surface area contributed by atoms with Gasteiger partial charge in [0.1, 0.15) is 0 Å². The second-order valence-electron chi connectivity index (χ2n) is 4.95. The molecule has 5 nitrogen and oxygen atoms in total. The lowest BCUT2D eigenvalue weighted by Gasteiger charge is -2.11. The Bertz CT molecular complexity index is 228. The summed E-state index contributed by atoms with van der Waals surface area (Å²) in [6, 6.07) is -0.170. The summed E-state index contributed by atoms with van der Waals surface area (Å²) in [5, 5.41) is 14.5. The van der Waals surface area contributed by atoms with Gasteiger partial charge < -0.3 is 20.5 Å². The zero-order valence-corrected chi connectivity index (χ0v) is 11.3. The number of carbonyl (C=O) groups is 1. The molecule has 0 saturated heterocycles. The molecule has 0 aromatic heterocycles. The minimum atomic E-state index is -0.370. The highest BCUT2D eigenvalue weighted by atomic mass is 16.5. The van der Waals surface area contributed by atoms with Crippen LogP contribution >= 0.6 is 0 Å². The summed E-state index contributed by atoms with van der Waals surface area (Å²) in [6.07, 6.45) is 6.46. The Morgan fingerprint density at radius 3 is 2.67 bits per heavy atom.